The van der Waals surface area contributed by atoms with Crippen LogP contribution >= 0.6 is 0 Å². The van der Waals surface area contributed by atoms with Gasteiger partial charge in [0.15, 0.2) is 18.9 Å². The maximum absolute atomic E-state index is 11.7. The minimum absolute atomic E-state index is 0.181. The number of aliphatic hydroxyl groups is 8. The van der Waals surface area contributed by atoms with E-state index in [0.717, 1.165) is 25.7 Å². The highest BCUT2D eigenvalue weighted by Gasteiger charge is 2.46. The van der Waals surface area contributed by atoms with E-state index in [1.54, 1.807) is 0 Å². The fraction of sp³-hybridized carbons (Fsp3) is 0.932. The number of ether oxygens (including phenoxy) is 9. The molecule has 6 unspecified atom stereocenters. The summed E-state index contributed by atoms with van der Waals surface area (Å²) in [6.07, 6.45) is -5.69. The maximum atomic E-state index is 11.7. The summed E-state index contributed by atoms with van der Waals surface area (Å²) in [6, 6.07) is -2.75. The number of hydrogen-bond donors (Lipinski definition) is 11. The number of carbonyl (C=O) groups excluding carboxylic acids is 3. The van der Waals surface area contributed by atoms with E-state index in [2.05, 4.69) is 16.0 Å². The van der Waals surface area contributed by atoms with Crippen LogP contribution in [0.1, 0.15) is 91.9 Å². The number of hydrogen-bond acceptors (Lipinski definition) is 20. The summed E-state index contributed by atoms with van der Waals surface area (Å²) in [7, 11) is 0. The molecule has 0 aromatic rings. The Labute approximate surface area is 393 Å². The zero-order chi connectivity index (χ0) is 49.4. The molecular weight excluding hydrogens is 890 g/mol. The van der Waals surface area contributed by atoms with Crippen LogP contribution in [-0.4, -0.2) is 224 Å². The van der Waals surface area contributed by atoms with E-state index >= 15 is 0 Å². The van der Waals surface area contributed by atoms with E-state index in [9.17, 15) is 55.2 Å². The number of rotatable bonds is 33. The van der Waals surface area contributed by atoms with Crippen molar-refractivity contribution in [3.8, 4) is 0 Å². The smallest absolute Gasteiger partial charge is 0.217 e. The lowest BCUT2D eigenvalue weighted by Crippen LogP contribution is -2.64. The standard InChI is InChI=1S/C44H81N3O20/c1-27(51)45-34-31(54)20-30(21-48)65-41(34)62-17-11-5-8-14-59-24-44(4,25-60-15-9-6-12-18-63-42-35(46-28(2)52)39(57)37(55)32(22-49)66-42)26-61-16-10-7-13-19-64-43-36(47-29(3)53)40(58)38(56)33(23-50)67-43/h30-43,48-50,54-58H,5-26H2,1-4H3,(H,45,51)(H,46,52)(H,47,53)/t30?,31-,32?,33?,34?,35?,36?,37-,38-,39+,40+,41+,42+,43+,44?/m0/s1. The maximum Gasteiger partial charge on any atom is 0.217 e. The number of unbranched alkanes of at least 4 members (excludes halogenated alkanes) is 6. The molecule has 23 nitrogen and oxygen atoms in total. The van der Waals surface area contributed by atoms with Gasteiger partial charge in [0.25, 0.3) is 0 Å². The van der Waals surface area contributed by atoms with Crippen LogP contribution in [0.25, 0.3) is 0 Å². The van der Waals surface area contributed by atoms with Gasteiger partial charge in [-0.2, -0.15) is 0 Å². The molecular formula is C44H81N3O20. The Morgan fingerprint density at radius 3 is 1.18 bits per heavy atom. The van der Waals surface area contributed by atoms with Crippen LogP contribution in [0.5, 0.6) is 0 Å². The molecule has 0 spiro atoms. The SMILES string of the molecule is CC(=O)NC1[C@H](OCCCCCOCC(C)(COCCCCCO[C@@H]2OC(CO)[C@H](O)[C@H](O)C2NC(C)=O)COCCCCCO[C@@H]2OC(CO)C[C@H](O)C2NC(C)=O)OC(CO)[C@H](O)[C@@H]1O. The Morgan fingerprint density at radius 1 is 0.493 bits per heavy atom. The number of carbonyl (C=O) groups is 3. The average molecular weight is 972 g/mol. The lowest BCUT2D eigenvalue weighted by Gasteiger charge is -2.42. The minimum atomic E-state index is -1.39. The Bertz CT molecular complexity index is 1320. The summed E-state index contributed by atoms with van der Waals surface area (Å²) in [6.45, 7) is 7.82. The predicted octanol–water partition coefficient (Wildman–Crippen LogP) is -2.54. The normalized spacial score (nSPS) is 32.1. The van der Waals surface area contributed by atoms with Crippen molar-refractivity contribution in [2.45, 2.75) is 178 Å². The van der Waals surface area contributed by atoms with Gasteiger partial charge in [-0.25, -0.2) is 0 Å². The molecule has 0 aliphatic carbocycles. The van der Waals surface area contributed by atoms with Crippen molar-refractivity contribution < 1.29 is 97.9 Å². The van der Waals surface area contributed by atoms with Crippen LogP contribution in [0.15, 0.2) is 0 Å². The molecule has 14 atom stereocenters. The van der Waals surface area contributed by atoms with E-state index in [1.807, 2.05) is 6.92 Å². The molecule has 11 N–H and O–H groups in total. The molecule has 3 aliphatic heterocycles. The van der Waals surface area contributed by atoms with Crippen LogP contribution < -0.4 is 16.0 Å². The Hall–Kier alpha value is -2.27. The van der Waals surface area contributed by atoms with Gasteiger partial charge in [-0.3, -0.25) is 14.4 Å². The van der Waals surface area contributed by atoms with Gasteiger partial charge in [0.2, 0.25) is 17.7 Å². The first-order valence-corrected chi connectivity index (χ1v) is 23.6. The fourth-order valence-electron chi connectivity index (χ4n) is 7.94. The highest BCUT2D eigenvalue weighted by Crippen LogP contribution is 2.26. The molecule has 23 heteroatoms. The quantitative estimate of drug-likeness (QED) is 0.0302. The number of aliphatic hydroxyl groups excluding tert-OH is 8. The van der Waals surface area contributed by atoms with Gasteiger partial charge >= 0.3 is 0 Å². The number of amides is 3. The summed E-state index contributed by atoms with van der Waals surface area (Å²) in [4.78, 5) is 35.1. The van der Waals surface area contributed by atoms with E-state index in [4.69, 9.17) is 42.6 Å². The molecule has 3 fully saturated rings. The van der Waals surface area contributed by atoms with Gasteiger partial charge < -0.3 is 99.4 Å². The fourth-order valence-corrected chi connectivity index (χ4v) is 7.94. The largest absolute Gasteiger partial charge is 0.394 e. The van der Waals surface area contributed by atoms with Gasteiger partial charge in [-0.05, 0) is 57.8 Å². The van der Waals surface area contributed by atoms with E-state index in [-0.39, 0.29) is 32.1 Å². The van der Waals surface area contributed by atoms with Gasteiger partial charge in [0, 0.05) is 72.2 Å². The molecule has 0 saturated carbocycles. The zero-order valence-electron chi connectivity index (χ0n) is 39.6. The van der Waals surface area contributed by atoms with Crippen molar-refractivity contribution in [2.75, 3.05) is 79.3 Å². The van der Waals surface area contributed by atoms with E-state index in [1.165, 1.54) is 20.8 Å². The van der Waals surface area contributed by atoms with Crippen LogP contribution in [-0.2, 0) is 57.0 Å². The number of nitrogens with one attached hydrogen (secondary N) is 3. The van der Waals surface area contributed by atoms with Crippen LogP contribution in [0.4, 0.5) is 0 Å². The molecule has 67 heavy (non-hydrogen) atoms. The Morgan fingerprint density at radius 2 is 0.836 bits per heavy atom. The van der Waals surface area contributed by atoms with Crippen molar-refractivity contribution in [3.63, 3.8) is 0 Å². The molecule has 0 aromatic carbocycles. The molecule has 0 aromatic heterocycles. The molecule has 0 bridgehead atoms. The second kappa shape index (κ2) is 31.9. The first kappa shape index (κ1) is 59.0. The molecule has 3 rings (SSSR count). The molecule has 3 amide bonds. The lowest BCUT2D eigenvalue weighted by molar-refractivity contribution is -0.270. The summed E-state index contributed by atoms with van der Waals surface area (Å²) in [5.74, 6) is -1.19. The Balaban J connectivity index is 1.41. The summed E-state index contributed by atoms with van der Waals surface area (Å²) in [5.41, 5.74) is -0.492. The molecule has 3 aliphatic rings. The second-order valence-corrected chi connectivity index (χ2v) is 18.0. The van der Waals surface area contributed by atoms with Crippen LogP contribution in [0.2, 0.25) is 0 Å². The third kappa shape index (κ3) is 20.9. The Kier molecular flexibility index (Phi) is 28.1. The van der Waals surface area contributed by atoms with Crippen LogP contribution in [0.3, 0.4) is 0 Å². The van der Waals surface area contributed by atoms with E-state index < -0.39 is 116 Å². The molecule has 3 heterocycles. The topological polar surface area (TPSA) is 332 Å². The van der Waals surface area contributed by atoms with Crippen LogP contribution in [0, 0.1) is 5.41 Å². The highest BCUT2D eigenvalue weighted by molar-refractivity contribution is 5.74. The van der Waals surface area contributed by atoms with E-state index in [0.29, 0.717) is 78.4 Å². The molecule has 3 saturated heterocycles. The van der Waals surface area contributed by atoms with Crippen molar-refractivity contribution in [2.24, 2.45) is 5.41 Å². The average Bonchev–Trinajstić information content (AvgIpc) is 3.28. The second-order valence-electron chi connectivity index (χ2n) is 18.0. The molecule has 0 radical (unpaired) electrons. The predicted molar refractivity (Wildman–Crippen MR) is 235 cm³/mol. The molecule has 392 valence electrons. The third-order valence-electron chi connectivity index (χ3n) is 11.6. The summed E-state index contributed by atoms with van der Waals surface area (Å²) in [5, 5.41) is 88.3. The lowest BCUT2D eigenvalue weighted by atomic mass is 9.94. The van der Waals surface area contributed by atoms with Crippen molar-refractivity contribution in [3.05, 3.63) is 0 Å². The highest BCUT2D eigenvalue weighted by atomic mass is 16.7. The summed E-state index contributed by atoms with van der Waals surface area (Å²) >= 11 is 0. The summed E-state index contributed by atoms with van der Waals surface area (Å²) < 4.78 is 52.8. The first-order valence-electron chi connectivity index (χ1n) is 23.6. The van der Waals surface area contributed by atoms with Crippen molar-refractivity contribution in [1.29, 1.82) is 0 Å². The zero-order valence-corrected chi connectivity index (χ0v) is 39.6. The third-order valence-corrected chi connectivity index (χ3v) is 11.6. The van der Waals surface area contributed by atoms with Gasteiger partial charge in [-0.1, -0.05) is 6.92 Å². The van der Waals surface area contributed by atoms with Crippen molar-refractivity contribution >= 4 is 17.7 Å². The minimum Gasteiger partial charge on any atom is -0.394 e. The van der Waals surface area contributed by atoms with Gasteiger partial charge in [0.05, 0.1) is 51.8 Å². The first-order chi connectivity index (χ1) is 32.0. The van der Waals surface area contributed by atoms with Crippen molar-refractivity contribution in [1.82, 2.24) is 16.0 Å². The van der Waals surface area contributed by atoms with Gasteiger partial charge in [0.1, 0.15) is 54.7 Å². The van der Waals surface area contributed by atoms with Gasteiger partial charge in [-0.15, -0.1) is 0 Å². The monoisotopic (exact) mass is 972 g/mol.